The van der Waals surface area contributed by atoms with E-state index in [1.54, 1.807) is 11.3 Å². The van der Waals surface area contributed by atoms with Gasteiger partial charge >= 0.3 is 0 Å². The van der Waals surface area contributed by atoms with Crippen LogP contribution in [0.25, 0.3) is 0 Å². The lowest BCUT2D eigenvalue weighted by Gasteiger charge is -2.30. The second kappa shape index (κ2) is 12.1. The molecule has 0 saturated carbocycles. The molecule has 1 aliphatic rings. The molecular formula is C23H33F2N5S. The minimum atomic E-state index is -0.413. The highest BCUT2D eigenvalue weighted by Gasteiger charge is 2.20. The van der Waals surface area contributed by atoms with E-state index in [2.05, 4.69) is 32.8 Å². The van der Waals surface area contributed by atoms with Crippen LogP contribution in [-0.2, 0) is 19.4 Å². The molecule has 1 aliphatic heterocycles. The molecule has 1 fully saturated rings. The van der Waals surface area contributed by atoms with E-state index in [0.29, 0.717) is 24.4 Å². The number of aliphatic imine (C=N–C) groups is 1. The van der Waals surface area contributed by atoms with Gasteiger partial charge in [-0.25, -0.2) is 13.8 Å². The molecule has 1 aromatic carbocycles. The molecule has 0 amide bonds. The average Bonchev–Trinajstić information content (AvgIpc) is 3.23. The van der Waals surface area contributed by atoms with Gasteiger partial charge in [-0.1, -0.05) is 6.92 Å². The molecule has 5 nitrogen and oxygen atoms in total. The maximum absolute atomic E-state index is 13.8. The van der Waals surface area contributed by atoms with Gasteiger partial charge in [0, 0.05) is 31.6 Å². The summed E-state index contributed by atoms with van der Waals surface area (Å²) in [6.45, 7) is 9.27. The Hall–Kier alpha value is -2.06. The maximum atomic E-state index is 13.8. The van der Waals surface area contributed by atoms with Crippen molar-refractivity contribution in [2.45, 2.75) is 46.1 Å². The van der Waals surface area contributed by atoms with Crippen LogP contribution < -0.4 is 10.6 Å². The van der Waals surface area contributed by atoms with Gasteiger partial charge in [0.1, 0.15) is 11.6 Å². The fraction of sp³-hybridized carbons (Fsp3) is 0.565. The molecule has 1 aromatic heterocycles. The smallest absolute Gasteiger partial charge is 0.191 e. The lowest BCUT2D eigenvalue weighted by Crippen LogP contribution is -2.39. The van der Waals surface area contributed by atoms with E-state index in [9.17, 15) is 8.78 Å². The van der Waals surface area contributed by atoms with E-state index >= 15 is 0 Å². The Labute approximate surface area is 188 Å². The van der Waals surface area contributed by atoms with Crippen LogP contribution >= 0.6 is 11.3 Å². The molecule has 2 N–H and O–H groups in total. The molecule has 0 aliphatic carbocycles. The summed E-state index contributed by atoms with van der Waals surface area (Å²) in [6, 6.07) is 3.57. The summed E-state index contributed by atoms with van der Waals surface area (Å²) in [5, 5.41) is 9.86. The SMILES string of the molecule is CCNC(=NCC1CCN(Cc2csc(CC)n2)CC1)NCCc1cc(F)ccc1F. The van der Waals surface area contributed by atoms with E-state index in [4.69, 9.17) is 4.99 Å². The molecule has 170 valence electrons. The Morgan fingerprint density at radius 3 is 2.74 bits per heavy atom. The van der Waals surface area contributed by atoms with Crippen molar-refractivity contribution in [1.29, 1.82) is 0 Å². The van der Waals surface area contributed by atoms with Crippen LogP contribution in [0.2, 0.25) is 0 Å². The number of hydrogen-bond acceptors (Lipinski definition) is 4. The minimum absolute atomic E-state index is 0.375. The number of likely N-dealkylation sites (tertiary alicyclic amines) is 1. The molecule has 0 atom stereocenters. The van der Waals surface area contributed by atoms with E-state index in [1.165, 1.54) is 22.8 Å². The van der Waals surface area contributed by atoms with Crippen LogP contribution in [0.3, 0.4) is 0 Å². The summed E-state index contributed by atoms with van der Waals surface area (Å²) >= 11 is 1.75. The van der Waals surface area contributed by atoms with Gasteiger partial charge in [0.15, 0.2) is 5.96 Å². The third-order valence-corrected chi connectivity index (χ3v) is 6.58. The minimum Gasteiger partial charge on any atom is -0.357 e. The van der Waals surface area contributed by atoms with Crippen molar-refractivity contribution in [3.05, 3.63) is 51.5 Å². The first-order chi connectivity index (χ1) is 15.1. The number of aryl methyl sites for hydroxylation is 1. The van der Waals surface area contributed by atoms with Crippen molar-refractivity contribution in [2.75, 3.05) is 32.7 Å². The first kappa shape index (κ1) is 23.6. The fourth-order valence-electron chi connectivity index (χ4n) is 3.75. The van der Waals surface area contributed by atoms with Crippen LogP contribution in [0.5, 0.6) is 0 Å². The molecule has 0 spiro atoms. The third kappa shape index (κ3) is 7.54. The number of guanidine groups is 1. The van der Waals surface area contributed by atoms with Gasteiger partial charge in [0.25, 0.3) is 0 Å². The van der Waals surface area contributed by atoms with Crippen molar-refractivity contribution < 1.29 is 8.78 Å². The van der Waals surface area contributed by atoms with E-state index in [1.807, 2.05) is 6.92 Å². The molecule has 1 saturated heterocycles. The zero-order valence-electron chi connectivity index (χ0n) is 18.5. The average molecular weight is 450 g/mol. The van der Waals surface area contributed by atoms with Crippen LogP contribution in [0.15, 0.2) is 28.6 Å². The Morgan fingerprint density at radius 2 is 2.03 bits per heavy atom. The van der Waals surface area contributed by atoms with Crippen molar-refractivity contribution in [1.82, 2.24) is 20.5 Å². The van der Waals surface area contributed by atoms with E-state index in [-0.39, 0.29) is 5.82 Å². The Bertz CT molecular complexity index is 846. The van der Waals surface area contributed by atoms with Gasteiger partial charge < -0.3 is 10.6 Å². The Balaban J connectivity index is 1.42. The third-order valence-electron chi connectivity index (χ3n) is 5.54. The van der Waals surface area contributed by atoms with Crippen LogP contribution in [0.1, 0.15) is 43.0 Å². The van der Waals surface area contributed by atoms with E-state index in [0.717, 1.165) is 64.0 Å². The number of rotatable bonds is 9. The molecule has 3 rings (SSSR count). The summed E-state index contributed by atoms with van der Waals surface area (Å²) in [5.74, 6) is 0.509. The standard InChI is InChI=1S/C23H33F2N5S/c1-3-22-29-20(16-31-22)15-30-11-8-17(9-12-30)14-28-23(26-4-2)27-10-7-18-13-19(24)5-6-21(18)25/h5-6,13,16-17H,3-4,7-12,14-15H2,1-2H3,(H2,26,27,28). The number of hydrogen-bond donors (Lipinski definition) is 2. The zero-order valence-corrected chi connectivity index (χ0v) is 19.3. The maximum Gasteiger partial charge on any atom is 0.191 e. The number of piperidine rings is 1. The molecule has 0 radical (unpaired) electrons. The number of benzene rings is 1. The predicted octanol–water partition coefficient (Wildman–Crippen LogP) is 3.99. The second-order valence-electron chi connectivity index (χ2n) is 7.94. The number of halogens is 2. The Kier molecular flexibility index (Phi) is 9.21. The number of aromatic nitrogens is 1. The number of nitrogens with one attached hydrogen (secondary N) is 2. The fourth-order valence-corrected chi connectivity index (χ4v) is 4.49. The van der Waals surface area contributed by atoms with Gasteiger partial charge in [-0.05, 0) is 75.4 Å². The largest absolute Gasteiger partial charge is 0.357 e. The molecule has 0 bridgehead atoms. The number of nitrogens with zero attached hydrogens (tertiary/aromatic N) is 3. The quantitative estimate of drug-likeness (QED) is 0.449. The molecule has 31 heavy (non-hydrogen) atoms. The lowest BCUT2D eigenvalue weighted by atomic mass is 9.97. The van der Waals surface area contributed by atoms with Gasteiger partial charge in [0.2, 0.25) is 0 Å². The summed E-state index contributed by atoms with van der Waals surface area (Å²) in [4.78, 5) is 11.9. The molecule has 8 heteroatoms. The predicted molar refractivity (Wildman–Crippen MR) is 124 cm³/mol. The summed E-state index contributed by atoms with van der Waals surface area (Å²) in [5.41, 5.74) is 1.56. The highest BCUT2D eigenvalue weighted by atomic mass is 32.1. The zero-order chi connectivity index (χ0) is 22.1. The van der Waals surface area contributed by atoms with Gasteiger partial charge in [-0.3, -0.25) is 9.89 Å². The molecular weight excluding hydrogens is 416 g/mol. The second-order valence-corrected chi connectivity index (χ2v) is 8.88. The molecule has 2 aromatic rings. The van der Waals surface area contributed by atoms with Crippen molar-refractivity contribution in [3.63, 3.8) is 0 Å². The van der Waals surface area contributed by atoms with Gasteiger partial charge in [-0.15, -0.1) is 11.3 Å². The first-order valence-corrected chi connectivity index (χ1v) is 12.1. The van der Waals surface area contributed by atoms with Crippen LogP contribution in [0.4, 0.5) is 8.78 Å². The van der Waals surface area contributed by atoms with Crippen molar-refractivity contribution >= 4 is 17.3 Å². The monoisotopic (exact) mass is 449 g/mol. The molecule has 2 heterocycles. The van der Waals surface area contributed by atoms with Crippen LogP contribution in [0, 0.1) is 17.6 Å². The highest BCUT2D eigenvalue weighted by Crippen LogP contribution is 2.20. The lowest BCUT2D eigenvalue weighted by molar-refractivity contribution is 0.179. The normalized spacial score (nSPS) is 15.9. The van der Waals surface area contributed by atoms with Gasteiger partial charge in [0.05, 0.1) is 10.7 Å². The van der Waals surface area contributed by atoms with E-state index < -0.39 is 5.82 Å². The van der Waals surface area contributed by atoms with Crippen molar-refractivity contribution in [2.24, 2.45) is 10.9 Å². The highest BCUT2D eigenvalue weighted by molar-refractivity contribution is 7.09. The molecule has 0 unspecified atom stereocenters. The summed E-state index contributed by atoms with van der Waals surface area (Å²) < 4.78 is 27.1. The van der Waals surface area contributed by atoms with Crippen molar-refractivity contribution in [3.8, 4) is 0 Å². The number of thiazole rings is 1. The topological polar surface area (TPSA) is 52.6 Å². The summed E-state index contributed by atoms with van der Waals surface area (Å²) in [6.07, 6.45) is 3.66. The van der Waals surface area contributed by atoms with Crippen LogP contribution in [-0.4, -0.2) is 48.6 Å². The van der Waals surface area contributed by atoms with Gasteiger partial charge in [-0.2, -0.15) is 0 Å². The Morgan fingerprint density at radius 1 is 1.23 bits per heavy atom. The first-order valence-electron chi connectivity index (χ1n) is 11.2. The summed E-state index contributed by atoms with van der Waals surface area (Å²) in [7, 11) is 0.